The third kappa shape index (κ3) is 10.7. The van der Waals surface area contributed by atoms with E-state index in [2.05, 4.69) is 81.2 Å². The van der Waals surface area contributed by atoms with Gasteiger partial charge in [0.15, 0.2) is 0 Å². The van der Waals surface area contributed by atoms with Gasteiger partial charge in [-0.3, -0.25) is 9.69 Å². The Morgan fingerprint density at radius 1 is 1.11 bits per heavy atom. The van der Waals surface area contributed by atoms with Gasteiger partial charge in [-0.1, -0.05) is 70.2 Å². The third-order valence-electron chi connectivity index (χ3n) is 5.23. The molecule has 0 radical (unpaired) electrons. The SMILES string of the molecule is CCCN(Cc1ccccc1)C(C)CC(CC)NC(=O)C/C=C/CCC(C)C. The summed E-state index contributed by atoms with van der Waals surface area (Å²) in [7, 11) is 0. The standard InChI is InChI=1S/C25H42N2O/c1-6-18-27(20-23-15-11-9-12-16-23)22(5)19-24(7-2)26-25(28)17-13-8-10-14-21(3)4/h8-9,11-13,15-16,21-22,24H,6-7,10,14,17-20H2,1-5H3,(H,26,28)/b13-8+. The number of amides is 1. The van der Waals surface area contributed by atoms with Crippen LogP contribution in [-0.4, -0.2) is 29.4 Å². The second-order valence-electron chi connectivity index (χ2n) is 8.36. The predicted octanol–water partition coefficient (Wildman–Crippen LogP) is 5.95. The lowest BCUT2D eigenvalue weighted by atomic mass is 10.0. The molecule has 0 fully saturated rings. The fourth-order valence-electron chi connectivity index (χ4n) is 3.47. The van der Waals surface area contributed by atoms with Crippen LogP contribution in [0.1, 0.15) is 78.7 Å². The lowest BCUT2D eigenvalue weighted by Crippen LogP contribution is -2.41. The van der Waals surface area contributed by atoms with Crippen molar-refractivity contribution < 1.29 is 4.79 Å². The van der Waals surface area contributed by atoms with Gasteiger partial charge in [-0.2, -0.15) is 0 Å². The van der Waals surface area contributed by atoms with E-state index in [1.807, 2.05) is 6.08 Å². The number of nitrogens with zero attached hydrogens (tertiary/aromatic N) is 1. The minimum absolute atomic E-state index is 0.143. The molecule has 0 aliphatic heterocycles. The van der Waals surface area contributed by atoms with E-state index in [0.29, 0.717) is 18.4 Å². The highest BCUT2D eigenvalue weighted by atomic mass is 16.1. The summed E-state index contributed by atoms with van der Waals surface area (Å²) in [5.41, 5.74) is 1.35. The fraction of sp³-hybridized carbons (Fsp3) is 0.640. The van der Waals surface area contributed by atoms with Gasteiger partial charge >= 0.3 is 0 Å². The molecule has 1 rings (SSSR count). The molecule has 3 heteroatoms. The average molecular weight is 387 g/mol. The number of hydrogen-bond acceptors (Lipinski definition) is 2. The molecule has 1 N–H and O–H groups in total. The van der Waals surface area contributed by atoms with Crippen molar-refractivity contribution in [2.75, 3.05) is 6.54 Å². The van der Waals surface area contributed by atoms with Crippen LogP contribution in [0, 0.1) is 5.92 Å². The Hall–Kier alpha value is -1.61. The summed E-state index contributed by atoms with van der Waals surface area (Å²) in [5.74, 6) is 0.858. The molecule has 0 aliphatic carbocycles. The maximum absolute atomic E-state index is 12.3. The molecular weight excluding hydrogens is 344 g/mol. The first-order valence-electron chi connectivity index (χ1n) is 11.2. The lowest BCUT2D eigenvalue weighted by Gasteiger charge is -2.31. The van der Waals surface area contributed by atoms with Gasteiger partial charge < -0.3 is 5.32 Å². The van der Waals surface area contributed by atoms with Crippen molar-refractivity contribution in [2.24, 2.45) is 5.92 Å². The number of hydrogen-bond donors (Lipinski definition) is 1. The predicted molar refractivity (Wildman–Crippen MR) is 121 cm³/mol. The van der Waals surface area contributed by atoms with Crippen LogP contribution in [0.25, 0.3) is 0 Å². The minimum atomic E-state index is 0.143. The van der Waals surface area contributed by atoms with E-state index >= 15 is 0 Å². The Morgan fingerprint density at radius 2 is 1.82 bits per heavy atom. The molecule has 2 atom stereocenters. The Balaban J connectivity index is 2.50. The fourth-order valence-corrected chi connectivity index (χ4v) is 3.47. The molecule has 1 aromatic carbocycles. The highest BCUT2D eigenvalue weighted by Crippen LogP contribution is 2.14. The first-order chi connectivity index (χ1) is 13.5. The zero-order valence-corrected chi connectivity index (χ0v) is 18.8. The Kier molecular flexibility index (Phi) is 12.6. The number of allylic oxidation sites excluding steroid dienone is 1. The first-order valence-corrected chi connectivity index (χ1v) is 11.2. The second-order valence-corrected chi connectivity index (χ2v) is 8.36. The van der Waals surface area contributed by atoms with E-state index in [0.717, 1.165) is 38.8 Å². The van der Waals surface area contributed by atoms with E-state index in [1.165, 1.54) is 12.0 Å². The summed E-state index contributed by atoms with van der Waals surface area (Å²) in [5, 5.41) is 3.24. The molecule has 1 amide bonds. The largest absolute Gasteiger partial charge is 0.353 e. The zero-order chi connectivity index (χ0) is 20.8. The van der Waals surface area contributed by atoms with Crippen LogP contribution in [0.4, 0.5) is 0 Å². The van der Waals surface area contributed by atoms with Crippen molar-refractivity contribution in [1.82, 2.24) is 10.2 Å². The molecule has 0 aliphatic rings. The van der Waals surface area contributed by atoms with Gasteiger partial charge in [0.25, 0.3) is 0 Å². The van der Waals surface area contributed by atoms with E-state index < -0.39 is 0 Å². The average Bonchev–Trinajstić information content (AvgIpc) is 2.67. The summed E-state index contributed by atoms with van der Waals surface area (Å²) in [6, 6.07) is 11.3. The molecule has 158 valence electrons. The van der Waals surface area contributed by atoms with Gasteiger partial charge in [-0.15, -0.1) is 0 Å². The molecule has 0 saturated heterocycles. The number of rotatable bonds is 14. The van der Waals surface area contributed by atoms with E-state index in [1.54, 1.807) is 0 Å². The van der Waals surface area contributed by atoms with E-state index in [4.69, 9.17) is 0 Å². The topological polar surface area (TPSA) is 32.3 Å². The van der Waals surface area contributed by atoms with Crippen molar-refractivity contribution in [3.05, 3.63) is 48.0 Å². The number of nitrogens with one attached hydrogen (secondary N) is 1. The summed E-state index contributed by atoms with van der Waals surface area (Å²) in [4.78, 5) is 14.8. The van der Waals surface area contributed by atoms with Crippen LogP contribution in [-0.2, 0) is 11.3 Å². The maximum Gasteiger partial charge on any atom is 0.224 e. The van der Waals surface area contributed by atoms with Crippen LogP contribution < -0.4 is 5.32 Å². The Bertz CT molecular complexity index is 553. The summed E-state index contributed by atoms with van der Waals surface area (Å²) in [6.07, 6.45) is 10.0. The van der Waals surface area contributed by atoms with Crippen molar-refractivity contribution in [1.29, 1.82) is 0 Å². The molecule has 28 heavy (non-hydrogen) atoms. The van der Waals surface area contributed by atoms with Crippen LogP contribution in [0.3, 0.4) is 0 Å². The first kappa shape index (κ1) is 24.4. The monoisotopic (exact) mass is 386 g/mol. The molecule has 2 unspecified atom stereocenters. The highest BCUT2D eigenvalue weighted by molar-refractivity contribution is 5.77. The molecule has 0 bridgehead atoms. The van der Waals surface area contributed by atoms with Gasteiger partial charge in [0.1, 0.15) is 0 Å². The van der Waals surface area contributed by atoms with Crippen LogP contribution >= 0.6 is 0 Å². The normalized spacial score (nSPS) is 14.0. The van der Waals surface area contributed by atoms with Gasteiger partial charge in [0.2, 0.25) is 5.91 Å². The molecule has 0 heterocycles. The van der Waals surface area contributed by atoms with Crippen LogP contribution in [0.2, 0.25) is 0 Å². The lowest BCUT2D eigenvalue weighted by molar-refractivity contribution is -0.121. The molecule has 0 aromatic heterocycles. The Labute approximate surface area is 173 Å². The van der Waals surface area contributed by atoms with Gasteiger partial charge in [-0.05, 0) is 57.1 Å². The van der Waals surface area contributed by atoms with Crippen molar-refractivity contribution in [3.8, 4) is 0 Å². The molecule has 0 saturated carbocycles. The van der Waals surface area contributed by atoms with Crippen LogP contribution in [0.15, 0.2) is 42.5 Å². The quantitative estimate of drug-likeness (QED) is 0.400. The molecule has 0 spiro atoms. The summed E-state index contributed by atoms with van der Waals surface area (Å²) < 4.78 is 0. The van der Waals surface area contributed by atoms with Gasteiger partial charge in [-0.25, -0.2) is 0 Å². The van der Waals surface area contributed by atoms with Gasteiger partial charge in [0.05, 0.1) is 0 Å². The van der Waals surface area contributed by atoms with Crippen molar-refractivity contribution >= 4 is 5.91 Å². The number of benzene rings is 1. The smallest absolute Gasteiger partial charge is 0.224 e. The van der Waals surface area contributed by atoms with Crippen LogP contribution in [0.5, 0.6) is 0 Å². The van der Waals surface area contributed by atoms with Crippen molar-refractivity contribution in [3.63, 3.8) is 0 Å². The number of carbonyl (C=O) groups excluding carboxylic acids is 1. The maximum atomic E-state index is 12.3. The third-order valence-corrected chi connectivity index (χ3v) is 5.23. The number of carbonyl (C=O) groups is 1. The van der Waals surface area contributed by atoms with E-state index in [-0.39, 0.29) is 11.9 Å². The van der Waals surface area contributed by atoms with E-state index in [9.17, 15) is 4.79 Å². The molecular formula is C25H42N2O. The summed E-state index contributed by atoms with van der Waals surface area (Å²) >= 11 is 0. The van der Waals surface area contributed by atoms with Crippen molar-refractivity contribution in [2.45, 2.75) is 91.8 Å². The highest BCUT2D eigenvalue weighted by Gasteiger charge is 2.19. The molecule has 1 aromatic rings. The zero-order valence-electron chi connectivity index (χ0n) is 18.8. The Morgan fingerprint density at radius 3 is 2.43 bits per heavy atom. The van der Waals surface area contributed by atoms with Gasteiger partial charge in [0, 0.05) is 25.0 Å². The second kappa shape index (κ2) is 14.4. The minimum Gasteiger partial charge on any atom is -0.353 e. The molecule has 3 nitrogen and oxygen atoms in total. The summed E-state index contributed by atoms with van der Waals surface area (Å²) in [6.45, 7) is 13.2.